The Balaban J connectivity index is 1.78. The third kappa shape index (κ3) is 3.19. The first-order chi connectivity index (χ1) is 12.7. The highest BCUT2D eigenvalue weighted by Gasteiger charge is 2.27. The van der Waals surface area contributed by atoms with Crippen LogP contribution in [0.5, 0.6) is 0 Å². The number of hydrogen-bond acceptors (Lipinski definition) is 4. The molecule has 5 nitrogen and oxygen atoms in total. The first-order valence-corrected chi connectivity index (χ1v) is 8.87. The molecule has 0 saturated carbocycles. The van der Waals surface area contributed by atoms with Gasteiger partial charge in [-0.2, -0.15) is 0 Å². The van der Waals surface area contributed by atoms with Gasteiger partial charge in [0, 0.05) is 42.7 Å². The van der Waals surface area contributed by atoms with Crippen molar-refractivity contribution in [1.29, 1.82) is 0 Å². The number of nitrogens with zero attached hydrogens (tertiary/aromatic N) is 2. The van der Waals surface area contributed by atoms with E-state index in [1.54, 1.807) is 4.90 Å². The van der Waals surface area contributed by atoms with E-state index in [9.17, 15) is 9.90 Å². The number of amides is 1. The van der Waals surface area contributed by atoms with Gasteiger partial charge in [-0.3, -0.25) is 4.79 Å². The predicted octanol–water partition coefficient (Wildman–Crippen LogP) is 2.37. The lowest BCUT2D eigenvalue weighted by Gasteiger charge is -2.29. The molecule has 1 amide bonds. The van der Waals surface area contributed by atoms with Crippen molar-refractivity contribution in [3.8, 4) is 11.3 Å². The number of piperazine rings is 1. The molecule has 1 aromatic heterocycles. The molecule has 3 aromatic rings. The Morgan fingerprint density at radius 2 is 1.73 bits per heavy atom. The minimum absolute atomic E-state index is 0.248. The third-order valence-corrected chi connectivity index (χ3v) is 4.77. The van der Waals surface area contributed by atoms with Gasteiger partial charge in [0.2, 0.25) is 0 Å². The molecule has 1 saturated heterocycles. The van der Waals surface area contributed by atoms with Crippen molar-refractivity contribution in [2.24, 2.45) is 0 Å². The average Bonchev–Trinajstić information content (AvgIpc) is 2.73. The molecule has 1 aliphatic rings. The summed E-state index contributed by atoms with van der Waals surface area (Å²) in [5.74, 6) is -0.248. The van der Waals surface area contributed by atoms with Gasteiger partial charge in [-0.05, 0) is 12.1 Å². The van der Waals surface area contributed by atoms with E-state index in [0.717, 1.165) is 35.2 Å². The molecule has 0 bridgehead atoms. The summed E-state index contributed by atoms with van der Waals surface area (Å²) in [4.78, 5) is 19.3. The number of para-hydroxylation sites is 1. The van der Waals surface area contributed by atoms with E-state index >= 15 is 0 Å². The SMILES string of the molecule is O=C(C(O)c1cc(-c2ccccc2)nc2ccccc12)N1CCNCC1. The molecule has 1 unspecified atom stereocenters. The second-order valence-corrected chi connectivity index (χ2v) is 6.46. The van der Waals surface area contributed by atoms with E-state index in [1.807, 2.05) is 60.7 Å². The van der Waals surface area contributed by atoms with Crippen LogP contribution in [0.1, 0.15) is 11.7 Å². The Morgan fingerprint density at radius 1 is 1.04 bits per heavy atom. The lowest BCUT2D eigenvalue weighted by atomic mass is 9.99. The summed E-state index contributed by atoms with van der Waals surface area (Å²) < 4.78 is 0. The standard InChI is InChI=1S/C21H21N3O2/c25-20(21(26)24-12-10-22-11-13-24)17-14-19(15-6-2-1-3-7-15)23-18-9-5-4-8-16(17)18/h1-9,14,20,22,25H,10-13H2. The maximum Gasteiger partial charge on any atom is 0.256 e. The maximum atomic E-state index is 12.8. The van der Waals surface area contributed by atoms with Crippen LogP contribution in [0, 0.1) is 0 Å². The molecule has 2 heterocycles. The molecule has 0 spiro atoms. The fraction of sp³-hybridized carbons (Fsp3) is 0.238. The molecule has 1 fully saturated rings. The van der Waals surface area contributed by atoms with Crippen molar-refractivity contribution in [3.05, 3.63) is 66.2 Å². The van der Waals surface area contributed by atoms with Crippen molar-refractivity contribution in [2.45, 2.75) is 6.10 Å². The molecule has 26 heavy (non-hydrogen) atoms. The zero-order chi connectivity index (χ0) is 17.9. The number of nitrogens with one attached hydrogen (secondary N) is 1. The van der Waals surface area contributed by atoms with Crippen LogP contribution in [0.25, 0.3) is 22.2 Å². The molecule has 1 atom stereocenters. The number of pyridine rings is 1. The van der Waals surface area contributed by atoms with Gasteiger partial charge in [0.15, 0.2) is 6.10 Å². The molecular formula is C21H21N3O2. The first-order valence-electron chi connectivity index (χ1n) is 8.87. The molecule has 2 N–H and O–H groups in total. The van der Waals surface area contributed by atoms with Gasteiger partial charge in [0.05, 0.1) is 11.2 Å². The van der Waals surface area contributed by atoms with E-state index in [0.29, 0.717) is 18.7 Å². The second-order valence-electron chi connectivity index (χ2n) is 6.46. The fourth-order valence-corrected chi connectivity index (χ4v) is 3.38. The van der Waals surface area contributed by atoms with Gasteiger partial charge < -0.3 is 15.3 Å². The smallest absolute Gasteiger partial charge is 0.256 e. The van der Waals surface area contributed by atoms with Gasteiger partial charge in [0.25, 0.3) is 5.91 Å². The molecular weight excluding hydrogens is 326 g/mol. The minimum atomic E-state index is -1.19. The Hall–Kier alpha value is -2.76. The molecule has 5 heteroatoms. The van der Waals surface area contributed by atoms with E-state index in [4.69, 9.17) is 4.98 Å². The van der Waals surface area contributed by atoms with Crippen LogP contribution >= 0.6 is 0 Å². The van der Waals surface area contributed by atoms with Crippen LogP contribution in [-0.4, -0.2) is 47.1 Å². The quantitative estimate of drug-likeness (QED) is 0.763. The number of aromatic nitrogens is 1. The Kier molecular flexibility index (Phi) is 4.65. The van der Waals surface area contributed by atoms with Gasteiger partial charge in [-0.1, -0.05) is 48.5 Å². The number of carbonyl (C=O) groups excluding carboxylic acids is 1. The molecule has 0 radical (unpaired) electrons. The highest BCUT2D eigenvalue weighted by atomic mass is 16.3. The van der Waals surface area contributed by atoms with E-state index < -0.39 is 6.10 Å². The molecule has 1 aliphatic heterocycles. The minimum Gasteiger partial charge on any atom is -0.378 e. The van der Waals surface area contributed by atoms with E-state index in [2.05, 4.69) is 5.32 Å². The zero-order valence-electron chi connectivity index (χ0n) is 14.4. The summed E-state index contributed by atoms with van der Waals surface area (Å²) in [6, 6.07) is 19.3. The van der Waals surface area contributed by atoms with Crippen molar-refractivity contribution >= 4 is 16.8 Å². The highest BCUT2D eigenvalue weighted by molar-refractivity contribution is 5.92. The summed E-state index contributed by atoms with van der Waals surface area (Å²) in [5.41, 5.74) is 3.10. The third-order valence-electron chi connectivity index (χ3n) is 4.77. The Bertz CT molecular complexity index is 921. The van der Waals surface area contributed by atoms with Crippen molar-refractivity contribution in [1.82, 2.24) is 15.2 Å². The monoisotopic (exact) mass is 347 g/mol. The average molecular weight is 347 g/mol. The molecule has 2 aromatic carbocycles. The van der Waals surface area contributed by atoms with Crippen LogP contribution in [0.2, 0.25) is 0 Å². The summed E-state index contributed by atoms with van der Waals surface area (Å²) in [6.45, 7) is 2.74. The van der Waals surface area contributed by atoms with Gasteiger partial charge in [-0.25, -0.2) is 4.98 Å². The van der Waals surface area contributed by atoms with Gasteiger partial charge in [-0.15, -0.1) is 0 Å². The largest absolute Gasteiger partial charge is 0.378 e. The summed E-state index contributed by atoms with van der Waals surface area (Å²) in [5, 5.41) is 14.9. The number of carbonyl (C=O) groups is 1. The number of fused-ring (bicyclic) bond motifs is 1. The van der Waals surface area contributed by atoms with Crippen LogP contribution in [0.15, 0.2) is 60.7 Å². The Morgan fingerprint density at radius 3 is 2.50 bits per heavy atom. The van der Waals surface area contributed by atoms with Crippen LogP contribution in [-0.2, 0) is 4.79 Å². The second kappa shape index (κ2) is 7.23. The number of benzene rings is 2. The summed E-state index contributed by atoms with van der Waals surface area (Å²) in [7, 11) is 0. The predicted molar refractivity (Wildman–Crippen MR) is 102 cm³/mol. The summed E-state index contributed by atoms with van der Waals surface area (Å²) in [6.07, 6.45) is -1.19. The Labute approximate surface area is 152 Å². The van der Waals surface area contributed by atoms with Crippen molar-refractivity contribution < 1.29 is 9.90 Å². The normalized spacial score (nSPS) is 15.8. The molecule has 4 rings (SSSR count). The first kappa shape index (κ1) is 16.7. The van der Waals surface area contributed by atoms with Gasteiger partial charge in [0.1, 0.15) is 0 Å². The van der Waals surface area contributed by atoms with E-state index in [-0.39, 0.29) is 5.91 Å². The molecule has 0 aliphatic carbocycles. The molecule has 132 valence electrons. The van der Waals surface area contributed by atoms with E-state index in [1.165, 1.54) is 0 Å². The maximum absolute atomic E-state index is 12.8. The van der Waals surface area contributed by atoms with Crippen LogP contribution in [0.3, 0.4) is 0 Å². The van der Waals surface area contributed by atoms with Crippen molar-refractivity contribution in [2.75, 3.05) is 26.2 Å². The fourth-order valence-electron chi connectivity index (χ4n) is 3.38. The zero-order valence-corrected chi connectivity index (χ0v) is 14.4. The number of aliphatic hydroxyl groups is 1. The lowest BCUT2D eigenvalue weighted by Crippen LogP contribution is -2.48. The number of aliphatic hydroxyl groups excluding tert-OH is 1. The topological polar surface area (TPSA) is 65.5 Å². The summed E-state index contributed by atoms with van der Waals surface area (Å²) >= 11 is 0. The van der Waals surface area contributed by atoms with Gasteiger partial charge >= 0.3 is 0 Å². The number of rotatable bonds is 3. The lowest BCUT2D eigenvalue weighted by molar-refractivity contribution is -0.141. The van der Waals surface area contributed by atoms with Crippen LogP contribution < -0.4 is 5.32 Å². The number of hydrogen-bond donors (Lipinski definition) is 2. The van der Waals surface area contributed by atoms with Crippen LogP contribution in [0.4, 0.5) is 0 Å². The highest BCUT2D eigenvalue weighted by Crippen LogP contribution is 2.29. The van der Waals surface area contributed by atoms with Crippen molar-refractivity contribution in [3.63, 3.8) is 0 Å².